The van der Waals surface area contributed by atoms with E-state index in [0.717, 1.165) is 15.6 Å². The van der Waals surface area contributed by atoms with Crippen LogP contribution in [0.2, 0.25) is 0 Å². The highest BCUT2D eigenvalue weighted by Gasteiger charge is 2.33. The third kappa shape index (κ3) is 3.85. The first-order chi connectivity index (χ1) is 11.5. The van der Waals surface area contributed by atoms with E-state index in [9.17, 15) is 4.79 Å². The number of hydrogen-bond acceptors (Lipinski definition) is 8. The maximum atomic E-state index is 12.0. The molecule has 1 aliphatic heterocycles. The summed E-state index contributed by atoms with van der Waals surface area (Å²) >= 11 is 2.89. The Morgan fingerprint density at radius 3 is 3.04 bits per heavy atom. The van der Waals surface area contributed by atoms with Crippen molar-refractivity contribution >= 4 is 41.1 Å². The lowest BCUT2D eigenvalue weighted by atomic mass is 10.2. The second-order valence-corrected chi connectivity index (χ2v) is 7.37. The highest BCUT2D eigenvalue weighted by molar-refractivity contribution is 8.02. The van der Waals surface area contributed by atoms with Crippen molar-refractivity contribution in [3.05, 3.63) is 35.0 Å². The molecule has 1 saturated heterocycles. The first kappa shape index (κ1) is 16.7. The van der Waals surface area contributed by atoms with Gasteiger partial charge in [0.15, 0.2) is 4.34 Å². The van der Waals surface area contributed by atoms with E-state index < -0.39 is 6.09 Å². The number of aryl methyl sites for hydroxylation is 1. The summed E-state index contributed by atoms with van der Waals surface area (Å²) in [6.07, 6.45) is 3.21. The van der Waals surface area contributed by atoms with Crippen LogP contribution in [0.5, 0.6) is 0 Å². The number of carbonyl (C=O) groups is 1. The van der Waals surface area contributed by atoms with Gasteiger partial charge in [0.05, 0.1) is 6.04 Å². The van der Waals surface area contributed by atoms with Crippen molar-refractivity contribution in [1.29, 1.82) is 0 Å². The molecule has 0 bridgehead atoms. The molecule has 1 unspecified atom stereocenters. The number of aromatic nitrogens is 3. The molecule has 1 fully saturated rings. The van der Waals surface area contributed by atoms with Crippen molar-refractivity contribution in [1.82, 2.24) is 15.0 Å². The summed E-state index contributed by atoms with van der Waals surface area (Å²) in [5.41, 5.74) is 2.09. The molecule has 0 aliphatic carbocycles. The normalized spacial score (nSPS) is 16.9. The molecule has 3 rings (SSSR count). The molecule has 0 radical (unpaired) electrons. The van der Waals surface area contributed by atoms with E-state index in [1.54, 1.807) is 23.6 Å². The number of anilines is 2. The number of nitrogens with one attached hydrogen (secondary N) is 1. The number of nitrogens with zero attached hydrogens (tertiary/aromatic N) is 4. The largest absolute Gasteiger partial charge is 0.447 e. The lowest BCUT2D eigenvalue weighted by Gasteiger charge is -2.18. The Balaban J connectivity index is 1.76. The Morgan fingerprint density at radius 2 is 2.33 bits per heavy atom. The second kappa shape index (κ2) is 7.18. The van der Waals surface area contributed by atoms with Crippen LogP contribution in [0.4, 0.5) is 16.6 Å². The van der Waals surface area contributed by atoms with E-state index in [2.05, 4.69) is 19.7 Å². The molecule has 3 heterocycles. The number of carbonyl (C=O) groups excluding carboxylic acids is 1. The molecule has 24 heavy (non-hydrogen) atoms. The molecule has 1 aliphatic rings. The van der Waals surface area contributed by atoms with Gasteiger partial charge in [0.25, 0.3) is 0 Å². The molecule has 2 aromatic rings. The lowest BCUT2D eigenvalue weighted by Crippen LogP contribution is -2.33. The van der Waals surface area contributed by atoms with Crippen LogP contribution in [-0.4, -0.2) is 33.7 Å². The molecule has 1 N–H and O–H groups in total. The zero-order valence-corrected chi connectivity index (χ0v) is 15.1. The van der Waals surface area contributed by atoms with Gasteiger partial charge in [-0.3, -0.25) is 9.62 Å². The van der Waals surface area contributed by atoms with E-state index in [4.69, 9.17) is 4.74 Å². The minimum Gasteiger partial charge on any atom is -0.447 e. The fourth-order valence-corrected chi connectivity index (χ4v) is 3.66. The van der Waals surface area contributed by atoms with E-state index in [0.29, 0.717) is 18.4 Å². The first-order valence-corrected chi connectivity index (χ1v) is 9.01. The molecule has 0 aromatic carbocycles. The van der Waals surface area contributed by atoms with E-state index in [1.807, 2.05) is 32.2 Å². The minimum absolute atomic E-state index is 0.153. The summed E-state index contributed by atoms with van der Waals surface area (Å²) in [4.78, 5) is 26.5. The molecule has 1 atom stereocenters. The number of hydrogen-bond donors (Lipinski definition) is 1. The number of ether oxygens (including phenoxy) is 1. The van der Waals surface area contributed by atoms with Gasteiger partial charge in [0, 0.05) is 29.2 Å². The molecule has 0 saturated carbocycles. The summed E-state index contributed by atoms with van der Waals surface area (Å²) in [6, 6.07) is 1.54. The summed E-state index contributed by atoms with van der Waals surface area (Å²) in [6.45, 7) is 6.24. The number of thiazole rings is 1. The zero-order chi connectivity index (χ0) is 17.1. The minimum atomic E-state index is -0.398. The number of cyclic esters (lactones) is 1. The van der Waals surface area contributed by atoms with Crippen molar-refractivity contribution in [2.24, 2.45) is 0 Å². The van der Waals surface area contributed by atoms with Crippen LogP contribution < -0.4 is 9.62 Å². The summed E-state index contributed by atoms with van der Waals surface area (Å²) in [5, 5.41) is 1.98. The quantitative estimate of drug-likeness (QED) is 0.641. The number of allylic oxidation sites excluding steroid dienone is 1. The van der Waals surface area contributed by atoms with Gasteiger partial charge in [-0.1, -0.05) is 11.6 Å². The molecule has 2 aromatic heterocycles. The predicted molar refractivity (Wildman–Crippen MR) is 95.4 cm³/mol. The van der Waals surface area contributed by atoms with Crippen LogP contribution in [0.15, 0.2) is 33.6 Å². The summed E-state index contributed by atoms with van der Waals surface area (Å²) < 4.78 is 9.09. The van der Waals surface area contributed by atoms with Gasteiger partial charge in [0.2, 0.25) is 5.95 Å². The van der Waals surface area contributed by atoms with Gasteiger partial charge in [-0.25, -0.2) is 14.8 Å². The van der Waals surface area contributed by atoms with Crippen molar-refractivity contribution < 1.29 is 9.53 Å². The SMILES string of the molecule is CC(C)=CC1COC(=O)N1c1ccnc(NSc2nc(C)cs2)n1. The highest BCUT2D eigenvalue weighted by Crippen LogP contribution is 2.26. The van der Waals surface area contributed by atoms with Crippen LogP contribution in [0, 0.1) is 6.92 Å². The second-order valence-electron chi connectivity index (χ2n) is 5.46. The zero-order valence-electron chi connectivity index (χ0n) is 13.5. The third-order valence-electron chi connectivity index (χ3n) is 3.15. The summed E-state index contributed by atoms with van der Waals surface area (Å²) in [7, 11) is 0. The Morgan fingerprint density at radius 1 is 1.50 bits per heavy atom. The number of rotatable bonds is 5. The third-order valence-corrected chi connectivity index (χ3v) is 4.99. The Hall–Kier alpha value is -2.13. The monoisotopic (exact) mass is 363 g/mol. The fraction of sp³-hybridized carbons (Fsp3) is 0.333. The molecular formula is C15H17N5O2S2. The van der Waals surface area contributed by atoms with Crippen LogP contribution in [-0.2, 0) is 4.74 Å². The van der Waals surface area contributed by atoms with Crippen LogP contribution in [0.1, 0.15) is 19.5 Å². The maximum Gasteiger partial charge on any atom is 0.416 e. The van der Waals surface area contributed by atoms with E-state index in [-0.39, 0.29) is 6.04 Å². The van der Waals surface area contributed by atoms with Gasteiger partial charge >= 0.3 is 6.09 Å². The molecule has 1 amide bonds. The molecule has 9 heteroatoms. The van der Waals surface area contributed by atoms with Crippen molar-refractivity contribution in [3.8, 4) is 0 Å². The van der Waals surface area contributed by atoms with Gasteiger partial charge in [-0.15, -0.1) is 11.3 Å². The molecule has 0 spiro atoms. The van der Waals surface area contributed by atoms with Gasteiger partial charge in [-0.2, -0.15) is 4.98 Å². The number of amides is 1. The van der Waals surface area contributed by atoms with E-state index >= 15 is 0 Å². The Kier molecular flexibility index (Phi) is 5.00. The lowest BCUT2D eigenvalue weighted by molar-refractivity contribution is 0.179. The van der Waals surface area contributed by atoms with Gasteiger partial charge < -0.3 is 4.74 Å². The Labute approximate surface area is 148 Å². The standard InChI is InChI=1S/C15H17N5O2S2/c1-9(2)6-11-7-22-15(21)20(11)12-4-5-16-13(18-12)19-24-14-17-10(3)8-23-14/h4-6,8,11H,7H2,1-3H3,(H,16,18,19). The first-order valence-electron chi connectivity index (χ1n) is 7.32. The molecular weight excluding hydrogens is 346 g/mol. The smallest absolute Gasteiger partial charge is 0.416 e. The molecule has 126 valence electrons. The van der Waals surface area contributed by atoms with Crippen molar-refractivity contribution in [2.75, 3.05) is 16.2 Å². The highest BCUT2D eigenvalue weighted by atomic mass is 32.2. The average Bonchev–Trinajstić information content (AvgIpc) is 3.11. The van der Waals surface area contributed by atoms with Gasteiger partial charge in [0.1, 0.15) is 12.4 Å². The van der Waals surface area contributed by atoms with E-state index in [1.165, 1.54) is 16.8 Å². The van der Waals surface area contributed by atoms with Crippen molar-refractivity contribution in [3.63, 3.8) is 0 Å². The Bertz CT molecular complexity index is 773. The van der Waals surface area contributed by atoms with Crippen LogP contribution >= 0.6 is 23.3 Å². The fourth-order valence-electron chi connectivity index (χ4n) is 2.21. The summed E-state index contributed by atoms with van der Waals surface area (Å²) in [5.74, 6) is 0.925. The topological polar surface area (TPSA) is 80.2 Å². The predicted octanol–water partition coefficient (Wildman–Crippen LogP) is 3.65. The van der Waals surface area contributed by atoms with Gasteiger partial charge in [-0.05, 0) is 26.8 Å². The molecule has 7 nitrogen and oxygen atoms in total. The van der Waals surface area contributed by atoms with Crippen molar-refractivity contribution in [2.45, 2.75) is 31.2 Å². The average molecular weight is 363 g/mol. The van der Waals surface area contributed by atoms with Crippen LogP contribution in [0.25, 0.3) is 0 Å². The maximum absolute atomic E-state index is 12.0. The van der Waals surface area contributed by atoms with Crippen LogP contribution in [0.3, 0.4) is 0 Å².